The summed E-state index contributed by atoms with van der Waals surface area (Å²) >= 11 is 0. The fourth-order valence-electron chi connectivity index (χ4n) is 3.19. The Balaban J connectivity index is 2.02. The molecule has 0 radical (unpaired) electrons. The Morgan fingerprint density at radius 2 is 2.14 bits per heavy atom. The molecule has 1 aromatic rings. The minimum atomic E-state index is -0.218. The molecule has 0 aromatic heterocycles. The molecule has 1 heterocycles. The van der Waals surface area contributed by atoms with Gasteiger partial charge in [0.15, 0.2) is 0 Å². The van der Waals surface area contributed by atoms with Crippen molar-refractivity contribution in [2.24, 2.45) is 0 Å². The number of halogens is 1. The Morgan fingerprint density at radius 3 is 2.73 bits per heavy atom. The zero-order valence-electron chi connectivity index (χ0n) is 13.8. The maximum Gasteiger partial charge on any atom is 0.131 e. The third kappa shape index (κ3) is 4.18. The molecule has 1 aromatic carbocycles. The van der Waals surface area contributed by atoms with Crippen molar-refractivity contribution in [2.75, 3.05) is 33.4 Å². The summed E-state index contributed by atoms with van der Waals surface area (Å²) < 4.78 is 19.1. The summed E-state index contributed by atoms with van der Waals surface area (Å²) in [6.45, 7) is 7.91. The van der Waals surface area contributed by atoms with Crippen LogP contribution in [0.2, 0.25) is 0 Å². The van der Waals surface area contributed by atoms with Crippen LogP contribution in [0, 0.1) is 5.82 Å². The van der Waals surface area contributed by atoms with Crippen LogP contribution in [0.3, 0.4) is 0 Å². The Hall–Kier alpha value is -1.17. The monoisotopic (exact) mass is 310 g/mol. The number of methoxy groups -OCH3 is 1. The van der Waals surface area contributed by atoms with Crippen LogP contribution in [0.1, 0.15) is 25.8 Å². The summed E-state index contributed by atoms with van der Waals surface area (Å²) in [5, 5.41) is 9.28. The average molecular weight is 310 g/mol. The minimum Gasteiger partial charge on any atom is -0.497 e. The lowest BCUT2D eigenvalue weighted by Crippen LogP contribution is -2.55. The molecule has 1 saturated heterocycles. The van der Waals surface area contributed by atoms with Crippen molar-refractivity contribution < 1.29 is 14.2 Å². The number of nitrogens with zero attached hydrogens (tertiary/aromatic N) is 2. The average Bonchev–Trinajstić information content (AvgIpc) is 2.49. The second-order valence-corrected chi connectivity index (χ2v) is 6.19. The number of ether oxygens (including phenoxy) is 1. The van der Waals surface area contributed by atoms with E-state index in [0.717, 1.165) is 26.1 Å². The molecule has 0 aliphatic carbocycles. The van der Waals surface area contributed by atoms with Gasteiger partial charge in [0.25, 0.3) is 0 Å². The molecule has 0 saturated carbocycles. The first-order valence-electron chi connectivity index (χ1n) is 7.96. The highest BCUT2D eigenvalue weighted by Crippen LogP contribution is 2.21. The van der Waals surface area contributed by atoms with Crippen molar-refractivity contribution in [3.8, 4) is 5.75 Å². The van der Waals surface area contributed by atoms with Crippen molar-refractivity contribution in [3.05, 3.63) is 29.6 Å². The molecular formula is C17H27FN2O2. The molecule has 1 fully saturated rings. The van der Waals surface area contributed by atoms with E-state index in [1.54, 1.807) is 19.2 Å². The van der Waals surface area contributed by atoms with Gasteiger partial charge in [0.1, 0.15) is 11.6 Å². The van der Waals surface area contributed by atoms with E-state index in [1.807, 2.05) is 0 Å². The fourth-order valence-corrected chi connectivity index (χ4v) is 3.19. The molecule has 1 atom stereocenters. The van der Waals surface area contributed by atoms with E-state index in [2.05, 4.69) is 23.6 Å². The molecule has 0 unspecified atom stereocenters. The first-order chi connectivity index (χ1) is 10.5. The predicted octanol–water partition coefficient (Wildman–Crippen LogP) is 2.11. The Morgan fingerprint density at radius 1 is 1.36 bits per heavy atom. The molecule has 0 bridgehead atoms. The van der Waals surface area contributed by atoms with Crippen molar-refractivity contribution >= 4 is 0 Å². The molecule has 2 rings (SSSR count). The largest absolute Gasteiger partial charge is 0.497 e. The van der Waals surface area contributed by atoms with Gasteiger partial charge in [0, 0.05) is 56.5 Å². The highest BCUT2D eigenvalue weighted by molar-refractivity contribution is 5.28. The number of hydrogen-bond donors (Lipinski definition) is 1. The summed E-state index contributed by atoms with van der Waals surface area (Å²) in [7, 11) is 1.54. The van der Waals surface area contributed by atoms with Crippen molar-refractivity contribution in [2.45, 2.75) is 38.9 Å². The Kier molecular flexibility index (Phi) is 6.17. The van der Waals surface area contributed by atoms with Crippen LogP contribution >= 0.6 is 0 Å². The SMILES string of the molecule is COc1ccc(CN2CCN(C(C)C)[C@@H](CCO)C2)c(F)c1. The summed E-state index contributed by atoms with van der Waals surface area (Å²) in [6, 6.07) is 5.83. The van der Waals surface area contributed by atoms with Gasteiger partial charge in [-0.25, -0.2) is 4.39 Å². The van der Waals surface area contributed by atoms with Crippen molar-refractivity contribution in [1.82, 2.24) is 9.80 Å². The zero-order chi connectivity index (χ0) is 16.1. The minimum absolute atomic E-state index is 0.193. The van der Waals surface area contributed by atoms with Gasteiger partial charge < -0.3 is 9.84 Å². The van der Waals surface area contributed by atoms with Gasteiger partial charge >= 0.3 is 0 Å². The van der Waals surface area contributed by atoms with E-state index < -0.39 is 0 Å². The van der Waals surface area contributed by atoms with Gasteiger partial charge in [-0.2, -0.15) is 0 Å². The molecule has 0 spiro atoms. The summed E-state index contributed by atoms with van der Waals surface area (Å²) in [5.74, 6) is 0.327. The highest BCUT2D eigenvalue weighted by atomic mass is 19.1. The van der Waals surface area contributed by atoms with Gasteiger partial charge in [-0.15, -0.1) is 0 Å². The van der Waals surface area contributed by atoms with Crippen molar-refractivity contribution in [3.63, 3.8) is 0 Å². The van der Waals surface area contributed by atoms with Crippen LogP contribution < -0.4 is 4.74 Å². The normalized spacial score (nSPS) is 20.5. The molecule has 4 nitrogen and oxygen atoms in total. The quantitative estimate of drug-likeness (QED) is 0.873. The molecule has 22 heavy (non-hydrogen) atoms. The lowest BCUT2D eigenvalue weighted by atomic mass is 10.1. The standard InChI is InChI=1S/C17H27FN2O2/c1-13(2)20-8-7-19(12-15(20)6-9-21)11-14-4-5-16(22-3)10-17(14)18/h4-5,10,13,15,21H,6-9,11-12H2,1-3H3/t15-/m0/s1. The molecule has 5 heteroatoms. The number of rotatable bonds is 6. The molecule has 1 aliphatic heterocycles. The number of benzene rings is 1. The lowest BCUT2D eigenvalue weighted by molar-refractivity contribution is 0.0345. The summed E-state index contributed by atoms with van der Waals surface area (Å²) in [6.07, 6.45) is 0.764. The summed E-state index contributed by atoms with van der Waals surface area (Å²) in [4.78, 5) is 4.70. The maximum absolute atomic E-state index is 14.1. The topological polar surface area (TPSA) is 35.9 Å². The Bertz CT molecular complexity index is 482. The van der Waals surface area contributed by atoms with Crippen LogP contribution in [0.4, 0.5) is 4.39 Å². The Labute approximate surface area is 132 Å². The van der Waals surface area contributed by atoms with Gasteiger partial charge in [-0.1, -0.05) is 6.07 Å². The van der Waals surface area contributed by atoms with E-state index in [0.29, 0.717) is 29.9 Å². The van der Waals surface area contributed by atoms with Crippen LogP contribution in [0.25, 0.3) is 0 Å². The zero-order valence-corrected chi connectivity index (χ0v) is 13.8. The number of aliphatic hydroxyl groups is 1. The maximum atomic E-state index is 14.1. The van der Waals surface area contributed by atoms with Crippen LogP contribution in [-0.2, 0) is 6.54 Å². The van der Waals surface area contributed by atoms with Crippen molar-refractivity contribution in [1.29, 1.82) is 0 Å². The second kappa shape index (κ2) is 7.90. The first kappa shape index (κ1) is 17.2. The first-order valence-corrected chi connectivity index (χ1v) is 7.96. The van der Waals surface area contributed by atoms with Gasteiger partial charge in [0.05, 0.1) is 7.11 Å². The number of hydrogen-bond acceptors (Lipinski definition) is 4. The molecular weight excluding hydrogens is 283 g/mol. The van der Waals surface area contributed by atoms with Crippen LogP contribution in [0.5, 0.6) is 5.75 Å². The predicted molar refractivity (Wildman–Crippen MR) is 85.6 cm³/mol. The van der Waals surface area contributed by atoms with E-state index >= 15 is 0 Å². The number of aliphatic hydroxyl groups excluding tert-OH is 1. The van der Waals surface area contributed by atoms with Gasteiger partial charge in [0.2, 0.25) is 0 Å². The number of piperazine rings is 1. The van der Waals surface area contributed by atoms with E-state index in [9.17, 15) is 9.50 Å². The van der Waals surface area contributed by atoms with E-state index in [4.69, 9.17) is 4.74 Å². The lowest BCUT2D eigenvalue weighted by Gasteiger charge is -2.43. The third-order valence-electron chi connectivity index (χ3n) is 4.39. The summed E-state index contributed by atoms with van der Waals surface area (Å²) in [5.41, 5.74) is 0.696. The smallest absolute Gasteiger partial charge is 0.131 e. The second-order valence-electron chi connectivity index (χ2n) is 6.19. The fraction of sp³-hybridized carbons (Fsp3) is 0.647. The van der Waals surface area contributed by atoms with Crippen LogP contribution in [0.15, 0.2) is 18.2 Å². The molecule has 0 amide bonds. The van der Waals surface area contributed by atoms with E-state index in [-0.39, 0.29) is 12.4 Å². The molecule has 1 N–H and O–H groups in total. The van der Waals surface area contributed by atoms with Gasteiger partial charge in [-0.05, 0) is 26.3 Å². The van der Waals surface area contributed by atoms with Gasteiger partial charge in [-0.3, -0.25) is 9.80 Å². The van der Waals surface area contributed by atoms with Crippen LogP contribution in [-0.4, -0.2) is 60.3 Å². The van der Waals surface area contributed by atoms with E-state index in [1.165, 1.54) is 6.07 Å². The molecule has 1 aliphatic rings. The third-order valence-corrected chi connectivity index (χ3v) is 4.39. The molecule has 124 valence electrons. The highest BCUT2D eigenvalue weighted by Gasteiger charge is 2.28.